The molecule has 4 aromatic rings. The maximum atomic E-state index is 10.9. The van der Waals surface area contributed by atoms with Crippen molar-refractivity contribution in [2.75, 3.05) is 5.94 Å². The lowest BCUT2D eigenvalue weighted by molar-refractivity contribution is -0.138. The molecule has 0 fully saturated rings. The molecule has 4 rings (SSSR count). The molecular formula is C22H19N3O2S. The highest BCUT2D eigenvalue weighted by atomic mass is 32.2. The van der Waals surface area contributed by atoms with Crippen molar-refractivity contribution in [2.24, 2.45) is 0 Å². The zero-order chi connectivity index (χ0) is 19.5. The molecule has 0 bridgehead atoms. The summed E-state index contributed by atoms with van der Waals surface area (Å²) in [6.45, 7) is 3.37. The van der Waals surface area contributed by atoms with Gasteiger partial charge in [0.2, 0.25) is 5.78 Å². The molecule has 0 saturated carbocycles. The van der Waals surface area contributed by atoms with E-state index in [0.717, 1.165) is 33.1 Å². The van der Waals surface area contributed by atoms with Gasteiger partial charge in [-0.2, -0.15) is 0 Å². The highest BCUT2D eigenvalue weighted by Gasteiger charge is 2.16. The number of benzene rings is 2. The molecule has 2 heterocycles. The highest BCUT2D eigenvalue weighted by Crippen LogP contribution is 2.33. The number of aromatic nitrogens is 3. The van der Waals surface area contributed by atoms with E-state index in [4.69, 9.17) is 9.72 Å². The summed E-state index contributed by atoms with van der Waals surface area (Å²) in [5, 5.41) is 0. The second-order valence-electron chi connectivity index (χ2n) is 6.34. The quantitative estimate of drug-likeness (QED) is 0.274. The van der Waals surface area contributed by atoms with Gasteiger partial charge in [-0.05, 0) is 25.1 Å². The lowest BCUT2D eigenvalue weighted by atomic mass is 10.1. The van der Waals surface area contributed by atoms with E-state index in [1.807, 2.05) is 66.1 Å². The molecule has 0 aliphatic heterocycles. The van der Waals surface area contributed by atoms with Gasteiger partial charge in [-0.15, -0.1) is 0 Å². The normalized spacial score (nSPS) is 10.9. The van der Waals surface area contributed by atoms with Crippen LogP contribution < -0.4 is 0 Å². The first kappa shape index (κ1) is 18.3. The van der Waals surface area contributed by atoms with E-state index in [-0.39, 0.29) is 5.97 Å². The molecule has 0 aliphatic rings. The van der Waals surface area contributed by atoms with E-state index < -0.39 is 0 Å². The van der Waals surface area contributed by atoms with Crippen LogP contribution in [0, 0.1) is 6.92 Å². The molecular weight excluding hydrogens is 370 g/mol. The molecule has 2 aromatic carbocycles. The van der Waals surface area contributed by atoms with Gasteiger partial charge in [0, 0.05) is 34.8 Å². The van der Waals surface area contributed by atoms with Gasteiger partial charge >= 0.3 is 5.97 Å². The van der Waals surface area contributed by atoms with Gasteiger partial charge in [-0.3, -0.25) is 9.20 Å². The van der Waals surface area contributed by atoms with Crippen LogP contribution in [0.2, 0.25) is 0 Å². The Morgan fingerprint density at radius 1 is 1.00 bits per heavy atom. The number of imidazole rings is 1. The summed E-state index contributed by atoms with van der Waals surface area (Å²) in [7, 11) is 0. The number of rotatable bonds is 5. The van der Waals surface area contributed by atoms with Crippen molar-refractivity contribution < 1.29 is 9.53 Å². The van der Waals surface area contributed by atoms with Gasteiger partial charge in [-0.25, -0.2) is 9.97 Å². The maximum absolute atomic E-state index is 10.9. The van der Waals surface area contributed by atoms with Crippen LogP contribution in [-0.2, 0) is 9.53 Å². The van der Waals surface area contributed by atoms with Crippen LogP contribution in [0.5, 0.6) is 0 Å². The molecule has 0 N–H and O–H groups in total. The fraction of sp³-hybridized carbons (Fsp3) is 0.136. The Hall–Kier alpha value is -3.12. The number of carbonyl (C=O) groups excluding carboxylic acids is 1. The average Bonchev–Trinajstić information content (AvgIpc) is 3.07. The Bertz CT molecular complexity index is 1120. The highest BCUT2D eigenvalue weighted by molar-refractivity contribution is 7.99. The molecule has 5 nitrogen and oxygen atoms in total. The molecule has 0 unspecified atom stereocenters. The minimum absolute atomic E-state index is 0.274. The Kier molecular flexibility index (Phi) is 5.12. The van der Waals surface area contributed by atoms with Gasteiger partial charge in [0.05, 0.1) is 11.4 Å². The number of esters is 1. The fourth-order valence-corrected chi connectivity index (χ4v) is 3.67. The van der Waals surface area contributed by atoms with E-state index in [0.29, 0.717) is 11.7 Å². The number of hydrogen-bond acceptors (Lipinski definition) is 5. The van der Waals surface area contributed by atoms with Crippen LogP contribution in [0.15, 0.2) is 71.8 Å². The Balaban J connectivity index is 1.75. The molecule has 0 saturated heterocycles. The third kappa shape index (κ3) is 3.77. The first-order chi connectivity index (χ1) is 13.6. The van der Waals surface area contributed by atoms with Crippen LogP contribution in [0.4, 0.5) is 0 Å². The molecule has 2 aromatic heterocycles. The van der Waals surface area contributed by atoms with Crippen molar-refractivity contribution in [2.45, 2.75) is 18.7 Å². The van der Waals surface area contributed by atoms with Crippen LogP contribution in [0.25, 0.3) is 28.3 Å². The molecule has 0 aliphatic carbocycles. The Morgan fingerprint density at radius 2 is 1.75 bits per heavy atom. The SMILES string of the molecule is CC(=O)OCSc1ccc(-c2nc3nc(C)ccn3c2-c2ccccc2)cc1. The van der Waals surface area contributed by atoms with Gasteiger partial charge in [0.1, 0.15) is 5.94 Å². The predicted molar refractivity (Wildman–Crippen MR) is 111 cm³/mol. The second-order valence-corrected chi connectivity index (χ2v) is 7.33. The van der Waals surface area contributed by atoms with Crippen molar-refractivity contribution in [3.8, 4) is 22.5 Å². The molecule has 6 heteroatoms. The van der Waals surface area contributed by atoms with Crippen molar-refractivity contribution in [1.29, 1.82) is 0 Å². The van der Waals surface area contributed by atoms with E-state index in [1.165, 1.54) is 18.7 Å². The molecule has 140 valence electrons. The van der Waals surface area contributed by atoms with E-state index in [1.54, 1.807) is 0 Å². The van der Waals surface area contributed by atoms with Crippen molar-refractivity contribution in [3.63, 3.8) is 0 Å². The summed E-state index contributed by atoms with van der Waals surface area (Å²) in [4.78, 5) is 21.3. The van der Waals surface area contributed by atoms with Gasteiger partial charge in [-0.1, -0.05) is 54.2 Å². The minimum atomic E-state index is -0.274. The summed E-state index contributed by atoms with van der Waals surface area (Å²) >= 11 is 1.48. The zero-order valence-corrected chi connectivity index (χ0v) is 16.4. The molecule has 0 atom stereocenters. The monoisotopic (exact) mass is 389 g/mol. The summed E-state index contributed by atoms with van der Waals surface area (Å²) in [6, 6.07) is 20.3. The third-order valence-corrected chi connectivity index (χ3v) is 5.14. The van der Waals surface area contributed by atoms with E-state index in [9.17, 15) is 4.79 Å². The van der Waals surface area contributed by atoms with Gasteiger partial charge in [0.25, 0.3) is 0 Å². The summed E-state index contributed by atoms with van der Waals surface area (Å²) < 4.78 is 7.02. The molecule has 0 spiro atoms. The number of aryl methyl sites for hydroxylation is 1. The number of hydrogen-bond donors (Lipinski definition) is 0. The second kappa shape index (κ2) is 7.86. The topological polar surface area (TPSA) is 56.5 Å². The third-order valence-electron chi connectivity index (χ3n) is 4.30. The van der Waals surface area contributed by atoms with Crippen LogP contribution in [0.1, 0.15) is 12.6 Å². The van der Waals surface area contributed by atoms with Gasteiger partial charge in [0.15, 0.2) is 0 Å². The van der Waals surface area contributed by atoms with Crippen LogP contribution in [-0.4, -0.2) is 26.3 Å². The van der Waals surface area contributed by atoms with Crippen molar-refractivity contribution in [3.05, 3.63) is 72.6 Å². The van der Waals surface area contributed by atoms with E-state index in [2.05, 4.69) is 17.1 Å². The lowest BCUT2D eigenvalue weighted by Crippen LogP contribution is -1.96. The molecule has 28 heavy (non-hydrogen) atoms. The molecule has 0 radical (unpaired) electrons. The first-order valence-corrected chi connectivity index (χ1v) is 9.88. The smallest absolute Gasteiger partial charge is 0.303 e. The standard InChI is InChI=1S/C22H19N3O2S/c1-15-12-13-25-21(18-6-4-3-5-7-18)20(24-22(25)23-15)17-8-10-19(11-9-17)28-14-27-16(2)26/h3-13H,14H2,1-2H3. The van der Waals surface area contributed by atoms with Crippen molar-refractivity contribution in [1.82, 2.24) is 14.4 Å². The van der Waals surface area contributed by atoms with Gasteiger partial charge < -0.3 is 4.74 Å². The summed E-state index contributed by atoms with van der Waals surface area (Å²) in [6.07, 6.45) is 2.01. The molecule has 0 amide bonds. The maximum Gasteiger partial charge on any atom is 0.303 e. The lowest BCUT2D eigenvalue weighted by Gasteiger charge is -2.07. The number of nitrogens with zero attached hydrogens (tertiary/aromatic N) is 3. The van der Waals surface area contributed by atoms with Crippen LogP contribution in [0.3, 0.4) is 0 Å². The Labute approximate surface area is 167 Å². The summed E-state index contributed by atoms with van der Waals surface area (Å²) in [5.74, 6) is 0.716. The largest absolute Gasteiger partial charge is 0.454 e. The first-order valence-electron chi connectivity index (χ1n) is 8.89. The minimum Gasteiger partial charge on any atom is -0.454 e. The van der Waals surface area contributed by atoms with E-state index >= 15 is 0 Å². The Morgan fingerprint density at radius 3 is 2.46 bits per heavy atom. The summed E-state index contributed by atoms with van der Waals surface area (Å²) in [5.41, 5.74) is 4.94. The zero-order valence-electron chi connectivity index (χ0n) is 15.6. The predicted octanol–water partition coefficient (Wildman–Crippen LogP) is 4.98. The fourth-order valence-electron chi connectivity index (χ4n) is 2.98. The number of carbonyl (C=O) groups is 1. The van der Waals surface area contributed by atoms with Crippen LogP contribution >= 0.6 is 11.8 Å². The number of thioether (sulfide) groups is 1. The van der Waals surface area contributed by atoms with Crippen molar-refractivity contribution >= 4 is 23.5 Å². The number of fused-ring (bicyclic) bond motifs is 1. The number of ether oxygens (including phenoxy) is 1. The average molecular weight is 389 g/mol.